The first kappa shape index (κ1) is 10.8. The van der Waals surface area contributed by atoms with Gasteiger partial charge in [0.25, 0.3) is 0 Å². The first-order valence-electron chi connectivity index (χ1n) is 5.08. The minimum absolute atomic E-state index is 0.109. The van der Waals surface area contributed by atoms with Crippen molar-refractivity contribution in [3.8, 4) is 0 Å². The van der Waals surface area contributed by atoms with E-state index in [2.05, 4.69) is 9.97 Å². The molecule has 2 aromatic heterocycles. The maximum absolute atomic E-state index is 12.6. The summed E-state index contributed by atoms with van der Waals surface area (Å²) in [4.78, 5) is 7.57. The number of anilines is 1. The second kappa shape index (κ2) is 3.34. The topological polar surface area (TPSA) is 56.7 Å². The summed E-state index contributed by atoms with van der Waals surface area (Å²) < 4.78 is 39.2. The van der Waals surface area contributed by atoms with Gasteiger partial charge >= 0.3 is 6.18 Å². The van der Waals surface area contributed by atoms with Crippen LogP contribution in [-0.4, -0.2) is 14.5 Å². The van der Waals surface area contributed by atoms with Gasteiger partial charge in [-0.25, -0.2) is 9.97 Å². The van der Waals surface area contributed by atoms with Crippen LogP contribution in [0.25, 0.3) is 16.9 Å². The summed E-state index contributed by atoms with van der Waals surface area (Å²) in [5.41, 5.74) is 5.83. The van der Waals surface area contributed by atoms with Crippen LogP contribution in [0.3, 0.4) is 0 Å². The minimum Gasteiger partial charge on any atom is -0.369 e. The Bertz CT molecular complexity index is 694. The third kappa shape index (κ3) is 1.47. The zero-order chi connectivity index (χ0) is 12.9. The van der Waals surface area contributed by atoms with Crippen molar-refractivity contribution in [1.82, 2.24) is 14.5 Å². The van der Waals surface area contributed by atoms with Crippen molar-refractivity contribution in [1.29, 1.82) is 0 Å². The maximum atomic E-state index is 12.6. The molecule has 18 heavy (non-hydrogen) atoms. The van der Waals surface area contributed by atoms with Gasteiger partial charge in [0.2, 0.25) is 5.95 Å². The second-order valence-electron chi connectivity index (χ2n) is 3.79. The summed E-state index contributed by atoms with van der Waals surface area (Å²) in [6, 6.07) is 2.16. The third-order valence-corrected chi connectivity index (χ3v) is 2.61. The number of nitrogens with two attached hydrogens (primary N) is 1. The highest BCUT2D eigenvalue weighted by Gasteiger charge is 2.33. The summed E-state index contributed by atoms with van der Waals surface area (Å²) in [5, 5.41) is 0. The van der Waals surface area contributed by atoms with Crippen LogP contribution in [0.1, 0.15) is 5.69 Å². The predicted molar refractivity (Wildman–Crippen MR) is 60.4 cm³/mol. The summed E-state index contributed by atoms with van der Waals surface area (Å²) >= 11 is 0. The van der Waals surface area contributed by atoms with E-state index in [0.29, 0.717) is 11.2 Å². The van der Waals surface area contributed by atoms with Crippen LogP contribution in [-0.2, 0) is 6.18 Å². The Balaban J connectivity index is 2.25. The lowest BCUT2D eigenvalue weighted by Crippen LogP contribution is -2.09. The number of fused-ring (bicyclic) bond motifs is 1. The first-order chi connectivity index (χ1) is 8.47. The van der Waals surface area contributed by atoms with Gasteiger partial charge in [0.15, 0.2) is 5.65 Å². The number of nitrogen functional groups attached to an aromatic ring is 1. The molecule has 0 aliphatic heterocycles. The molecule has 0 spiro atoms. The number of halogens is 3. The van der Waals surface area contributed by atoms with Gasteiger partial charge in [-0.2, -0.15) is 13.2 Å². The van der Waals surface area contributed by atoms with Gasteiger partial charge < -0.3 is 5.73 Å². The lowest BCUT2D eigenvalue weighted by atomic mass is 10.2. The monoisotopic (exact) mass is 252 g/mol. The van der Waals surface area contributed by atoms with Gasteiger partial charge in [-0.05, 0) is 24.3 Å². The normalized spacial score (nSPS) is 14.7. The van der Waals surface area contributed by atoms with Crippen molar-refractivity contribution in [3.63, 3.8) is 0 Å². The highest BCUT2D eigenvalue weighted by atomic mass is 19.4. The molecule has 0 saturated heterocycles. The van der Waals surface area contributed by atoms with Gasteiger partial charge in [0.05, 0.1) is 5.70 Å². The molecule has 0 fully saturated rings. The summed E-state index contributed by atoms with van der Waals surface area (Å²) in [6.07, 6.45) is 0.717. The predicted octanol–water partition coefficient (Wildman–Crippen LogP) is 2.44. The molecule has 2 N–H and O–H groups in total. The van der Waals surface area contributed by atoms with E-state index in [0.717, 1.165) is 6.07 Å². The van der Waals surface area contributed by atoms with E-state index in [1.165, 1.54) is 10.6 Å². The van der Waals surface area contributed by atoms with E-state index in [-0.39, 0.29) is 11.6 Å². The van der Waals surface area contributed by atoms with Crippen molar-refractivity contribution < 1.29 is 13.2 Å². The van der Waals surface area contributed by atoms with E-state index in [4.69, 9.17) is 5.73 Å². The molecule has 7 heteroatoms. The molecule has 1 aliphatic carbocycles. The largest absolute Gasteiger partial charge is 0.433 e. The lowest BCUT2D eigenvalue weighted by Gasteiger charge is -2.11. The van der Waals surface area contributed by atoms with Crippen molar-refractivity contribution in [3.05, 3.63) is 36.1 Å². The maximum Gasteiger partial charge on any atom is 0.433 e. The molecule has 0 atom stereocenters. The molecule has 0 unspecified atom stereocenters. The molecule has 2 heterocycles. The molecule has 0 amide bonds. The Labute approximate surface area is 99.2 Å². The van der Waals surface area contributed by atoms with Crippen LogP contribution >= 0.6 is 0 Å². The number of pyridine rings is 1. The Hall–Kier alpha value is -2.31. The molecule has 4 nitrogen and oxygen atoms in total. The van der Waals surface area contributed by atoms with Gasteiger partial charge in [-0.3, -0.25) is 4.57 Å². The van der Waals surface area contributed by atoms with Gasteiger partial charge in [0, 0.05) is 0 Å². The fourth-order valence-electron chi connectivity index (χ4n) is 1.72. The van der Waals surface area contributed by atoms with Crippen LogP contribution in [0, 0.1) is 0 Å². The van der Waals surface area contributed by atoms with Crippen LogP contribution in [0.4, 0.5) is 19.1 Å². The number of allylic oxidation sites excluding steroid dienone is 4. The smallest absolute Gasteiger partial charge is 0.369 e. The summed E-state index contributed by atoms with van der Waals surface area (Å²) in [6.45, 7) is 0. The number of rotatable bonds is 1. The Morgan fingerprint density at radius 3 is 2.44 bits per heavy atom. The standard InChI is InChI=1S/C11H7F3N4/c12-11(13,14)8-5-4-7-9(17-8)18(10(15)16-7)6-2-1-3-6/h1-5H,(H2,15,16). The van der Waals surface area contributed by atoms with Crippen molar-refractivity contribution in [2.45, 2.75) is 6.18 Å². The molecule has 2 aromatic rings. The van der Waals surface area contributed by atoms with Crippen LogP contribution < -0.4 is 5.73 Å². The molecule has 92 valence electrons. The van der Waals surface area contributed by atoms with Crippen molar-refractivity contribution in [2.24, 2.45) is 0 Å². The van der Waals surface area contributed by atoms with Crippen LogP contribution in [0.2, 0.25) is 0 Å². The fraction of sp³-hybridized carbons (Fsp3) is 0.0909. The zero-order valence-electron chi connectivity index (χ0n) is 8.94. The van der Waals surface area contributed by atoms with E-state index >= 15 is 0 Å². The summed E-state index contributed by atoms with van der Waals surface area (Å²) in [7, 11) is 0. The zero-order valence-corrected chi connectivity index (χ0v) is 8.94. The number of alkyl halides is 3. The quantitative estimate of drug-likeness (QED) is 0.848. The average molecular weight is 252 g/mol. The van der Waals surface area contributed by atoms with Gasteiger partial charge in [0.1, 0.15) is 11.2 Å². The van der Waals surface area contributed by atoms with Crippen molar-refractivity contribution in [2.75, 3.05) is 5.73 Å². The first-order valence-corrected chi connectivity index (χ1v) is 5.08. The third-order valence-electron chi connectivity index (χ3n) is 2.61. The molecule has 0 radical (unpaired) electrons. The van der Waals surface area contributed by atoms with Gasteiger partial charge in [-0.1, -0.05) is 6.08 Å². The molecular weight excluding hydrogens is 245 g/mol. The minimum atomic E-state index is -4.48. The fourth-order valence-corrected chi connectivity index (χ4v) is 1.72. The van der Waals surface area contributed by atoms with Crippen LogP contribution in [0.5, 0.6) is 0 Å². The number of aromatic nitrogens is 3. The number of imidazole rings is 1. The van der Waals surface area contributed by atoms with E-state index < -0.39 is 11.9 Å². The number of hydrogen-bond donors (Lipinski definition) is 1. The van der Waals surface area contributed by atoms with Crippen LogP contribution in [0.15, 0.2) is 30.4 Å². The van der Waals surface area contributed by atoms with E-state index in [9.17, 15) is 13.2 Å². The highest BCUT2D eigenvalue weighted by Crippen LogP contribution is 2.31. The Kier molecular flexibility index (Phi) is 2.01. The molecular formula is C11H7F3N4. The van der Waals surface area contributed by atoms with E-state index in [1.54, 1.807) is 18.2 Å². The number of nitrogens with zero attached hydrogens (tertiary/aromatic N) is 3. The highest BCUT2D eigenvalue weighted by molar-refractivity contribution is 5.83. The molecule has 0 saturated carbocycles. The van der Waals surface area contributed by atoms with E-state index in [1.807, 2.05) is 0 Å². The molecule has 3 rings (SSSR count). The SMILES string of the molecule is Nc1nc2ccc(C(F)(F)F)nc2n1C1=CC=C1. The Morgan fingerprint density at radius 2 is 1.89 bits per heavy atom. The van der Waals surface area contributed by atoms with Gasteiger partial charge in [-0.15, -0.1) is 0 Å². The number of hydrogen-bond acceptors (Lipinski definition) is 3. The molecule has 0 aromatic carbocycles. The van der Waals surface area contributed by atoms with Crippen molar-refractivity contribution >= 4 is 22.8 Å². The molecule has 1 aliphatic rings. The summed E-state index contributed by atoms with van der Waals surface area (Å²) in [5.74, 6) is 0.118. The lowest BCUT2D eigenvalue weighted by molar-refractivity contribution is -0.141. The Morgan fingerprint density at radius 1 is 1.17 bits per heavy atom. The average Bonchev–Trinajstić information content (AvgIpc) is 2.51. The molecule has 0 bridgehead atoms. The second-order valence-corrected chi connectivity index (χ2v) is 3.79.